The monoisotopic (exact) mass is 267 g/mol. The maximum atomic E-state index is 3.71. The molecule has 0 saturated heterocycles. The molecule has 0 aliphatic carbocycles. The summed E-state index contributed by atoms with van der Waals surface area (Å²) in [5.74, 6) is 0. The predicted octanol–water partition coefficient (Wildman–Crippen LogP) is 4.66. The van der Waals surface area contributed by atoms with Crippen LogP contribution in [0, 0.1) is 5.41 Å². The second-order valence-corrected chi connectivity index (χ2v) is 7.39. The maximum Gasteiger partial charge on any atom is 0.0119 e. The van der Waals surface area contributed by atoms with E-state index in [1.807, 2.05) is 11.3 Å². The molecule has 0 amide bonds. The van der Waals surface area contributed by atoms with E-state index in [0.29, 0.717) is 11.5 Å². The van der Waals surface area contributed by atoms with Crippen LogP contribution in [0.2, 0.25) is 0 Å². The molecule has 1 N–H and O–H groups in total. The molecule has 104 valence electrons. The highest BCUT2D eigenvalue weighted by Gasteiger charge is 2.23. The van der Waals surface area contributed by atoms with Gasteiger partial charge in [0.15, 0.2) is 0 Å². The summed E-state index contributed by atoms with van der Waals surface area (Å²) in [5, 5.41) is 3.71. The largest absolute Gasteiger partial charge is 0.313 e. The van der Waals surface area contributed by atoms with E-state index in [2.05, 4.69) is 52.1 Å². The lowest BCUT2D eigenvalue weighted by Gasteiger charge is -2.31. The van der Waals surface area contributed by atoms with Crippen LogP contribution >= 0.6 is 11.3 Å². The SMILES string of the molecule is CCCNC(CCc1ccc(CC)s1)C(C)(C)C. The molecule has 0 aromatic carbocycles. The Morgan fingerprint density at radius 3 is 2.33 bits per heavy atom. The minimum Gasteiger partial charge on any atom is -0.313 e. The highest BCUT2D eigenvalue weighted by molar-refractivity contribution is 7.11. The fourth-order valence-electron chi connectivity index (χ4n) is 2.19. The van der Waals surface area contributed by atoms with Crippen LogP contribution in [0.25, 0.3) is 0 Å². The van der Waals surface area contributed by atoms with Gasteiger partial charge in [0.25, 0.3) is 0 Å². The molecule has 0 radical (unpaired) electrons. The van der Waals surface area contributed by atoms with Gasteiger partial charge in [-0.15, -0.1) is 11.3 Å². The third-order valence-electron chi connectivity index (χ3n) is 3.43. The van der Waals surface area contributed by atoms with Gasteiger partial charge in [-0.05, 0) is 49.8 Å². The van der Waals surface area contributed by atoms with Gasteiger partial charge in [-0.3, -0.25) is 0 Å². The van der Waals surface area contributed by atoms with Crippen molar-refractivity contribution < 1.29 is 0 Å². The Hall–Kier alpha value is -0.340. The Kier molecular flexibility index (Phi) is 6.37. The maximum absolute atomic E-state index is 3.71. The summed E-state index contributed by atoms with van der Waals surface area (Å²) in [7, 11) is 0. The van der Waals surface area contributed by atoms with Crippen molar-refractivity contribution in [1.29, 1.82) is 0 Å². The first-order chi connectivity index (χ1) is 8.47. The zero-order valence-electron chi connectivity index (χ0n) is 12.7. The molecular formula is C16H29NS. The van der Waals surface area contributed by atoms with Crippen molar-refractivity contribution in [1.82, 2.24) is 5.32 Å². The van der Waals surface area contributed by atoms with Crippen LogP contribution in [0.1, 0.15) is 57.2 Å². The molecule has 18 heavy (non-hydrogen) atoms. The molecule has 0 spiro atoms. The molecule has 1 nitrogen and oxygen atoms in total. The van der Waals surface area contributed by atoms with E-state index in [9.17, 15) is 0 Å². The van der Waals surface area contributed by atoms with Crippen LogP contribution in [-0.4, -0.2) is 12.6 Å². The highest BCUT2D eigenvalue weighted by Crippen LogP contribution is 2.25. The Morgan fingerprint density at radius 2 is 1.83 bits per heavy atom. The summed E-state index contributed by atoms with van der Waals surface area (Å²) in [6.45, 7) is 12.6. The van der Waals surface area contributed by atoms with E-state index in [-0.39, 0.29) is 0 Å². The smallest absolute Gasteiger partial charge is 0.0119 e. The van der Waals surface area contributed by atoms with Crippen molar-refractivity contribution in [2.75, 3.05) is 6.54 Å². The summed E-state index contributed by atoms with van der Waals surface area (Å²) in [5.41, 5.74) is 0.347. The van der Waals surface area contributed by atoms with Gasteiger partial charge in [0.2, 0.25) is 0 Å². The third kappa shape index (κ3) is 5.11. The average molecular weight is 267 g/mol. The van der Waals surface area contributed by atoms with Crippen molar-refractivity contribution in [2.24, 2.45) is 5.41 Å². The van der Waals surface area contributed by atoms with E-state index in [4.69, 9.17) is 0 Å². The second-order valence-electron chi connectivity index (χ2n) is 6.13. The summed E-state index contributed by atoms with van der Waals surface area (Å²) >= 11 is 1.98. The van der Waals surface area contributed by atoms with Gasteiger partial charge < -0.3 is 5.32 Å². The fraction of sp³-hybridized carbons (Fsp3) is 0.750. The first-order valence-corrected chi connectivity index (χ1v) is 8.10. The van der Waals surface area contributed by atoms with Crippen LogP contribution in [0.15, 0.2) is 12.1 Å². The molecule has 1 heterocycles. The molecule has 2 heteroatoms. The fourth-order valence-corrected chi connectivity index (χ4v) is 3.17. The van der Waals surface area contributed by atoms with Crippen molar-refractivity contribution in [3.05, 3.63) is 21.9 Å². The first-order valence-electron chi connectivity index (χ1n) is 7.28. The van der Waals surface area contributed by atoms with Crippen molar-refractivity contribution in [3.63, 3.8) is 0 Å². The zero-order chi connectivity index (χ0) is 13.6. The van der Waals surface area contributed by atoms with Gasteiger partial charge in [0.05, 0.1) is 0 Å². The number of thiophene rings is 1. The van der Waals surface area contributed by atoms with E-state index in [0.717, 1.165) is 6.54 Å². The minimum atomic E-state index is 0.347. The Balaban J connectivity index is 2.50. The lowest BCUT2D eigenvalue weighted by atomic mass is 9.84. The number of nitrogens with one attached hydrogen (secondary N) is 1. The van der Waals surface area contributed by atoms with Crippen molar-refractivity contribution in [3.8, 4) is 0 Å². The van der Waals surface area contributed by atoms with Gasteiger partial charge in [0, 0.05) is 15.8 Å². The Bertz CT molecular complexity index is 335. The Morgan fingerprint density at radius 1 is 1.17 bits per heavy atom. The van der Waals surface area contributed by atoms with Crippen LogP contribution in [-0.2, 0) is 12.8 Å². The van der Waals surface area contributed by atoms with E-state index >= 15 is 0 Å². The van der Waals surface area contributed by atoms with Gasteiger partial charge >= 0.3 is 0 Å². The van der Waals surface area contributed by atoms with E-state index in [1.165, 1.54) is 30.6 Å². The number of rotatable bonds is 7. The van der Waals surface area contributed by atoms with Crippen LogP contribution in [0.3, 0.4) is 0 Å². The van der Waals surface area contributed by atoms with Crippen LogP contribution in [0.5, 0.6) is 0 Å². The lowest BCUT2D eigenvalue weighted by Crippen LogP contribution is -2.41. The Labute approximate surface area is 117 Å². The molecule has 1 aromatic heterocycles. The summed E-state index contributed by atoms with van der Waals surface area (Å²) in [6, 6.07) is 5.21. The van der Waals surface area contributed by atoms with Crippen LogP contribution in [0.4, 0.5) is 0 Å². The van der Waals surface area contributed by atoms with Gasteiger partial charge in [-0.25, -0.2) is 0 Å². The summed E-state index contributed by atoms with van der Waals surface area (Å²) in [6.07, 6.45) is 4.84. The van der Waals surface area contributed by atoms with Gasteiger partial charge in [-0.1, -0.05) is 34.6 Å². The quantitative estimate of drug-likeness (QED) is 0.758. The highest BCUT2D eigenvalue weighted by atomic mass is 32.1. The second kappa shape index (κ2) is 7.30. The van der Waals surface area contributed by atoms with E-state index < -0.39 is 0 Å². The number of aryl methyl sites for hydroxylation is 2. The topological polar surface area (TPSA) is 12.0 Å². The number of hydrogen-bond acceptors (Lipinski definition) is 2. The van der Waals surface area contributed by atoms with Crippen LogP contribution < -0.4 is 5.32 Å². The molecule has 1 aromatic rings. The number of hydrogen-bond donors (Lipinski definition) is 1. The predicted molar refractivity (Wildman–Crippen MR) is 83.6 cm³/mol. The summed E-state index contributed by atoms with van der Waals surface area (Å²) < 4.78 is 0. The molecule has 1 unspecified atom stereocenters. The molecular weight excluding hydrogens is 238 g/mol. The van der Waals surface area contributed by atoms with E-state index in [1.54, 1.807) is 4.88 Å². The van der Waals surface area contributed by atoms with Gasteiger partial charge in [0.1, 0.15) is 0 Å². The molecule has 0 saturated carbocycles. The van der Waals surface area contributed by atoms with Crippen molar-refractivity contribution in [2.45, 2.75) is 66.3 Å². The molecule has 0 aliphatic rings. The molecule has 0 bridgehead atoms. The molecule has 0 fully saturated rings. The normalized spacial score (nSPS) is 13.8. The molecule has 0 aliphatic heterocycles. The molecule has 1 atom stereocenters. The van der Waals surface area contributed by atoms with Crippen molar-refractivity contribution >= 4 is 11.3 Å². The average Bonchev–Trinajstić information content (AvgIpc) is 2.75. The van der Waals surface area contributed by atoms with Gasteiger partial charge in [-0.2, -0.15) is 0 Å². The third-order valence-corrected chi connectivity index (χ3v) is 4.72. The molecule has 1 rings (SSSR count). The zero-order valence-corrected chi connectivity index (χ0v) is 13.5. The lowest BCUT2D eigenvalue weighted by molar-refractivity contribution is 0.255. The standard InChI is InChI=1S/C16H29NS/c1-6-12-17-15(16(3,4)5)11-10-14-9-8-13(7-2)18-14/h8-9,15,17H,6-7,10-12H2,1-5H3. The first kappa shape index (κ1) is 15.7. The minimum absolute atomic E-state index is 0.347. The summed E-state index contributed by atoms with van der Waals surface area (Å²) in [4.78, 5) is 3.05.